The number of benzene rings is 2. The first-order chi connectivity index (χ1) is 17.8. The van der Waals surface area contributed by atoms with E-state index in [4.69, 9.17) is 32.4 Å². The third-order valence-electron chi connectivity index (χ3n) is 8.21. The molecule has 37 heavy (non-hydrogen) atoms. The lowest BCUT2D eigenvalue weighted by Crippen LogP contribution is -2.60. The molecule has 10 heteroatoms. The SMILES string of the molecule is COC(=O)c1coc([C@@H]2NC3(CCCCC3)[C@@]3(C(=O)Nc4cc(Cl)ccc43)[C@H]2c2cccc(Cl)c2F)n1. The molecule has 0 unspecified atom stereocenters. The second kappa shape index (κ2) is 8.82. The van der Waals surface area contributed by atoms with Crippen LogP contribution in [0.4, 0.5) is 10.1 Å². The molecule has 1 saturated heterocycles. The molecule has 2 aromatic carbocycles. The van der Waals surface area contributed by atoms with E-state index in [-0.39, 0.29) is 28.1 Å². The Bertz CT molecular complexity index is 1420. The molecule has 1 amide bonds. The predicted molar refractivity (Wildman–Crippen MR) is 135 cm³/mol. The van der Waals surface area contributed by atoms with Crippen molar-refractivity contribution in [3.63, 3.8) is 0 Å². The summed E-state index contributed by atoms with van der Waals surface area (Å²) in [7, 11) is 1.26. The summed E-state index contributed by atoms with van der Waals surface area (Å²) in [6.45, 7) is 0. The number of hydrogen-bond donors (Lipinski definition) is 2. The number of oxazole rings is 1. The largest absolute Gasteiger partial charge is 0.464 e. The van der Waals surface area contributed by atoms with Gasteiger partial charge in [-0.05, 0) is 42.2 Å². The maximum Gasteiger partial charge on any atom is 0.360 e. The topological polar surface area (TPSA) is 93.5 Å². The van der Waals surface area contributed by atoms with Crippen LogP contribution in [0.25, 0.3) is 0 Å². The summed E-state index contributed by atoms with van der Waals surface area (Å²) in [6.07, 6.45) is 5.39. The predicted octanol–water partition coefficient (Wildman–Crippen LogP) is 5.93. The first-order valence-corrected chi connectivity index (χ1v) is 12.9. The number of anilines is 1. The molecule has 7 nitrogen and oxygen atoms in total. The van der Waals surface area contributed by atoms with Crippen LogP contribution in [0.5, 0.6) is 0 Å². The van der Waals surface area contributed by atoms with Crippen molar-refractivity contribution in [2.45, 2.75) is 55.0 Å². The zero-order valence-corrected chi connectivity index (χ0v) is 21.5. The maximum atomic E-state index is 15.9. The fourth-order valence-corrected chi connectivity index (χ4v) is 7.19. The average molecular weight is 544 g/mol. The van der Waals surface area contributed by atoms with E-state index in [9.17, 15) is 9.59 Å². The number of aromatic nitrogens is 1. The van der Waals surface area contributed by atoms with Crippen LogP contribution in [-0.2, 0) is 14.9 Å². The lowest BCUT2D eigenvalue weighted by molar-refractivity contribution is -0.124. The Morgan fingerprint density at radius 1 is 1.19 bits per heavy atom. The molecule has 0 radical (unpaired) electrons. The Labute approximate surface area is 222 Å². The lowest BCUT2D eigenvalue weighted by Gasteiger charge is -2.47. The van der Waals surface area contributed by atoms with Gasteiger partial charge in [-0.1, -0.05) is 60.7 Å². The van der Waals surface area contributed by atoms with Crippen molar-refractivity contribution >= 4 is 40.8 Å². The van der Waals surface area contributed by atoms with Gasteiger partial charge in [0.15, 0.2) is 5.69 Å². The summed E-state index contributed by atoms with van der Waals surface area (Å²) in [5.41, 5.74) is -0.362. The maximum absolute atomic E-state index is 15.9. The van der Waals surface area contributed by atoms with Gasteiger partial charge >= 0.3 is 5.97 Å². The second-order valence-electron chi connectivity index (χ2n) is 9.90. The molecule has 0 bridgehead atoms. The Hall–Kier alpha value is -2.94. The number of hydrogen-bond acceptors (Lipinski definition) is 6. The Morgan fingerprint density at radius 2 is 1.97 bits per heavy atom. The Balaban J connectivity index is 1.65. The van der Waals surface area contributed by atoms with E-state index >= 15 is 4.39 Å². The lowest BCUT2D eigenvalue weighted by atomic mass is 9.55. The summed E-state index contributed by atoms with van der Waals surface area (Å²) >= 11 is 12.6. The third-order valence-corrected chi connectivity index (χ3v) is 8.73. The Kier molecular flexibility index (Phi) is 5.82. The van der Waals surface area contributed by atoms with Crippen LogP contribution in [0.1, 0.15) is 71.6 Å². The quantitative estimate of drug-likeness (QED) is 0.398. The summed E-state index contributed by atoms with van der Waals surface area (Å²) < 4.78 is 26.4. The van der Waals surface area contributed by atoms with Crippen LogP contribution in [0.2, 0.25) is 10.0 Å². The number of esters is 1. The molecule has 2 aliphatic heterocycles. The molecule has 3 aliphatic rings. The highest BCUT2D eigenvalue weighted by atomic mass is 35.5. The molecule has 6 rings (SSSR count). The minimum atomic E-state index is -1.22. The van der Waals surface area contributed by atoms with Crippen LogP contribution >= 0.6 is 23.2 Å². The van der Waals surface area contributed by atoms with Gasteiger partial charge < -0.3 is 14.5 Å². The van der Waals surface area contributed by atoms with Crippen molar-refractivity contribution in [3.05, 3.63) is 81.2 Å². The molecule has 2 N–H and O–H groups in total. The first kappa shape index (κ1) is 24.4. The van der Waals surface area contributed by atoms with Crippen molar-refractivity contribution < 1.29 is 23.1 Å². The van der Waals surface area contributed by atoms with E-state index in [0.29, 0.717) is 23.6 Å². The first-order valence-electron chi connectivity index (χ1n) is 12.2. The number of carbonyl (C=O) groups excluding carboxylic acids is 2. The Morgan fingerprint density at radius 3 is 2.73 bits per heavy atom. The van der Waals surface area contributed by atoms with E-state index in [1.807, 2.05) is 6.07 Å². The monoisotopic (exact) mass is 543 g/mol. The zero-order valence-electron chi connectivity index (χ0n) is 19.9. The van der Waals surface area contributed by atoms with Gasteiger partial charge in [0.05, 0.1) is 18.2 Å². The highest BCUT2D eigenvalue weighted by Crippen LogP contribution is 2.65. The van der Waals surface area contributed by atoms with Gasteiger partial charge in [-0.3, -0.25) is 10.1 Å². The highest BCUT2D eigenvalue weighted by molar-refractivity contribution is 6.31. The number of ether oxygens (including phenoxy) is 1. The normalized spacial score (nSPS) is 25.9. The van der Waals surface area contributed by atoms with E-state index in [0.717, 1.165) is 24.8 Å². The second-order valence-corrected chi connectivity index (χ2v) is 10.7. The summed E-state index contributed by atoms with van der Waals surface area (Å²) in [5.74, 6) is -2.13. The minimum absolute atomic E-state index is 0.00804. The van der Waals surface area contributed by atoms with Gasteiger partial charge in [0.1, 0.15) is 17.5 Å². The number of carbonyl (C=O) groups is 2. The molecule has 2 spiro atoms. The standard InChI is InChI=1S/C27H24Cl2FN3O4/c1-36-24(34)19-13-37-23(31-19)22-20(15-6-5-7-17(29)21(15)30)27(26(33-22)10-3-2-4-11-26)16-9-8-14(28)12-18(16)32-25(27)35/h5-9,12-13,20,22,33H,2-4,10-11H2,1H3,(H,32,35)/t20-,22+,27+/m0/s1. The number of nitrogens with zero attached hydrogens (tertiary/aromatic N) is 1. The van der Waals surface area contributed by atoms with Crippen LogP contribution in [0, 0.1) is 5.82 Å². The fourth-order valence-electron chi connectivity index (χ4n) is 6.83. The molecule has 3 aromatic rings. The number of halogens is 3. The smallest absolute Gasteiger partial charge is 0.360 e. The van der Waals surface area contributed by atoms with E-state index in [1.54, 1.807) is 24.3 Å². The number of nitrogens with one attached hydrogen (secondary N) is 2. The third kappa shape index (κ3) is 3.39. The number of fused-ring (bicyclic) bond motifs is 3. The molecule has 1 saturated carbocycles. The van der Waals surface area contributed by atoms with Gasteiger partial charge in [-0.25, -0.2) is 14.2 Å². The average Bonchev–Trinajstić information content (AvgIpc) is 3.56. The minimum Gasteiger partial charge on any atom is -0.464 e. The van der Waals surface area contributed by atoms with Crippen molar-refractivity contribution in [2.24, 2.45) is 0 Å². The van der Waals surface area contributed by atoms with E-state index < -0.39 is 34.7 Å². The van der Waals surface area contributed by atoms with Crippen LogP contribution in [-0.4, -0.2) is 29.5 Å². The molecule has 1 aromatic heterocycles. The van der Waals surface area contributed by atoms with Crippen LogP contribution in [0.15, 0.2) is 47.1 Å². The van der Waals surface area contributed by atoms with Gasteiger partial charge in [0.25, 0.3) is 0 Å². The summed E-state index contributed by atoms with van der Waals surface area (Å²) in [6, 6.07) is 9.37. The van der Waals surface area contributed by atoms with Crippen molar-refractivity contribution in [3.8, 4) is 0 Å². The summed E-state index contributed by atoms with van der Waals surface area (Å²) in [5, 5.41) is 7.17. The number of rotatable bonds is 3. The van der Waals surface area contributed by atoms with Gasteiger partial charge in [-0.2, -0.15) is 0 Å². The van der Waals surface area contributed by atoms with E-state index in [2.05, 4.69) is 15.6 Å². The molecule has 3 atom stereocenters. The number of methoxy groups -OCH3 is 1. The van der Waals surface area contributed by atoms with Gasteiger partial charge in [0.2, 0.25) is 11.8 Å². The molecule has 2 fully saturated rings. The van der Waals surface area contributed by atoms with Gasteiger partial charge in [-0.15, -0.1) is 0 Å². The van der Waals surface area contributed by atoms with Crippen molar-refractivity contribution in [2.75, 3.05) is 12.4 Å². The molecular weight excluding hydrogens is 520 g/mol. The van der Waals surface area contributed by atoms with Crippen molar-refractivity contribution in [1.82, 2.24) is 10.3 Å². The van der Waals surface area contributed by atoms with E-state index in [1.165, 1.54) is 19.4 Å². The molecule has 3 heterocycles. The number of amides is 1. The van der Waals surface area contributed by atoms with Crippen LogP contribution in [0.3, 0.4) is 0 Å². The summed E-state index contributed by atoms with van der Waals surface area (Å²) in [4.78, 5) is 30.9. The molecule has 1 aliphatic carbocycles. The van der Waals surface area contributed by atoms with Gasteiger partial charge in [0, 0.05) is 22.2 Å². The highest BCUT2D eigenvalue weighted by Gasteiger charge is 2.72. The van der Waals surface area contributed by atoms with Crippen molar-refractivity contribution in [1.29, 1.82) is 0 Å². The fraction of sp³-hybridized carbons (Fsp3) is 0.370. The molecule has 192 valence electrons. The van der Waals surface area contributed by atoms with Crippen LogP contribution < -0.4 is 10.6 Å². The molecular formula is C27H24Cl2FN3O4. The zero-order chi connectivity index (χ0) is 25.9.